The molecule has 3 unspecified atom stereocenters. The molecule has 0 spiro atoms. The van der Waals surface area contributed by atoms with Crippen molar-refractivity contribution in [3.63, 3.8) is 0 Å². The first-order valence-corrected chi connectivity index (χ1v) is 14.7. The van der Waals surface area contributed by atoms with Crippen molar-refractivity contribution in [1.82, 2.24) is 0 Å². The van der Waals surface area contributed by atoms with Crippen LogP contribution in [-0.4, -0.2) is 24.5 Å². The zero-order valence-electron chi connectivity index (χ0n) is 25.6. The van der Waals surface area contributed by atoms with E-state index in [1.54, 1.807) is 0 Å². The normalized spacial score (nSPS) is 25.4. The highest BCUT2D eigenvalue weighted by atomic mass is 16.6. The van der Waals surface area contributed by atoms with Gasteiger partial charge >= 0.3 is 0 Å². The van der Waals surface area contributed by atoms with Gasteiger partial charge in [-0.25, -0.2) is 0 Å². The van der Waals surface area contributed by atoms with Gasteiger partial charge in [0.25, 0.3) is 0 Å². The lowest BCUT2D eigenvalue weighted by Gasteiger charge is -2.38. The maximum Gasteiger partial charge on any atom is 0.185 e. The van der Waals surface area contributed by atoms with E-state index in [9.17, 15) is 0 Å². The number of ether oxygens (including phenoxy) is 4. The molecule has 6 rings (SSSR count). The third-order valence-corrected chi connectivity index (χ3v) is 9.26. The molecule has 42 heavy (non-hydrogen) atoms. The summed E-state index contributed by atoms with van der Waals surface area (Å²) in [6.07, 6.45) is 0.272. The number of rotatable bonds is 5. The van der Waals surface area contributed by atoms with Gasteiger partial charge in [-0.15, -0.1) is 0 Å². The van der Waals surface area contributed by atoms with Crippen molar-refractivity contribution < 1.29 is 18.9 Å². The van der Waals surface area contributed by atoms with Crippen LogP contribution < -0.4 is 41.9 Å². The number of fused-ring (bicyclic) bond motifs is 3. The average molecular weight is 571 g/mol. The second-order valence-electron chi connectivity index (χ2n) is 13.8. The monoisotopic (exact) mass is 570 g/mol. The Balaban J connectivity index is 1.33. The minimum atomic E-state index is -0.833. The van der Waals surface area contributed by atoms with Crippen LogP contribution in [0.5, 0.6) is 23.0 Å². The Labute approximate surface area is 248 Å². The summed E-state index contributed by atoms with van der Waals surface area (Å²) in [4.78, 5) is 0. The van der Waals surface area contributed by atoms with Crippen molar-refractivity contribution >= 4 is 0 Å². The predicted molar refractivity (Wildman–Crippen MR) is 162 cm³/mol. The van der Waals surface area contributed by atoms with Gasteiger partial charge in [0.05, 0.1) is 23.5 Å². The second-order valence-corrected chi connectivity index (χ2v) is 13.8. The lowest BCUT2D eigenvalue weighted by molar-refractivity contribution is 0.0427. The molecular formula is C34H42N4O4. The van der Waals surface area contributed by atoms with Crippen LogP contribution in [0.15, 0.2) is 64.5 Å². The first-order valence-electron chi connectivity index (χ1n) is 14.7. The SMILES string of the molecule is CC1Oc2cc3c(cc2OC1C)C(C)(CC(C)(C)c1ccc2c(c1)OC1=C(O2)C(C(N)N)=C=C=C1C(N)N)CC3(C)C. The Kier molecular flexibility index (Phi) is 6.49. The minimum absolute atomic E-state index is 0.00278. The van der Waals surface area contributed by atoms with Crippen LogP contribution in [0.1, 0.15) is 78.0 Å². The van der Waals surface area contributed by atoms with Gasteiger partial charge in [0.2, 0.25) is 0 Å². The van der Waals surface area contributed by atoms with Crippen molar-refractivity contribution in [3.05, 3.63) is 81.1 Å². The van der Waals surface area contributed by atoms with Crippen molar-refractivity contribution in [1.29, 1.82) is 0 Å². The van der Waals surface area contributed by atoms with Gasteiger partial charge < -0.3 is 41.9 Å². The number of benzene rings is 2. The quantitative estimate of drug-likeness (QED) is 0.301. The molecule has 2 aliphatic heterocycles. The van der Waals surface area contributed by atoms with E-state index in [0.717, 1.165) is 29.9 Å². The molecule has 2 heterocycles. The number of hydrogen-bond acceptors (Lipinski definition) is 8. The van der Waals surface area contributed by atoms with E-state index in [4.69, 9.17) is 41.9 Å². The Morgan fingerprint density at radius 1 is 0.786 bits per heavy atom. The highest BCUT2D eigenvalue weighted by Crippen LogP contribution is 2.57. The maximum absolute atomic E-state index is 6.38. The summed E-state index contributed by atoms with van der Waals surface area (Å²) in [6, 6.07) is 10.5. The van der Waals surface area contributed by atoms with Gasteiger partial charge in [-0.2, -0.15) is 0 Å². The van der Waals surface area contributed by atoms with Crippen molar-refractivity contribution in [2.24, 2.45) is 22.9 Å². The number of hydrogen-bond donors (Lipinski definition) is 4. The van der Waals surface area contributed by atoms with E-state index < -0.39 is 12.3 Å². The Hall–Kier alpha value is -3.48. The molecule has 0 bridgehead atoms. The molecule has 8 nitrogen and oxygen atoms in total. The fourth-order valence-corrected chi connectivity index (χ4v) is 7.27. The first-order chi connectivity index (χ1) is 19.6. The van der Waals surface area contributed by atoms with E-state index in [1.165, 1.54) is 11.1 Å². The Bertz CT molecular complexity index is 1620. The fourth-order valence-electron chi connectivity index (χ4n) is 7.27. The van der Waals surface area contributed by atoms with Crippen LogP contribution in [0, 0.1) is 0 Å². The van der Waals surface area contributed by atoms with Crippen molar-refractivity contribution in [2.45, 2.75) is 102 Å². The van der Waals surface area contributed by atoms with Crippen molar-refractivity contribution in [3.8, 4) is 23.0 Å². The molecule has 0 aromatic heterocycles. The highest BCUT2D eigenvalue weighted by Gasteiger charge is 2.48. The van der Waals surface area contributed by atoms with Crippen LogP contribution in [0.4, 0.5) is 0 Å². The summed E-state index contributed by atoms with van der Waals surface area (Å²) in [5.74, 6) is 3.55. The highest BCUT2D eigenvalue weighted by molar-refractivity contribution is 5.58. The van der Waals surface area contributed by atoms with Gasteiger partial charge in [-0.3, -0.25) is 0 Å². The second kappa shape index (κ2) is 9.51. The molecule has 222 valence electrons. The topological polar surface area (TPSA) is 141 Å². The van der Waals surface area contributed by atoms with Crippen LogP contribution in [0.25, 0.3) is 0 Å². The summed E-state index contributed by atoms with van der Waals surface area (Å²) in [7, 11) is 0. The largest absolute Gasteiger partial charge is 0.483 e. The average Bonchev–Trinajstić information content (AvgIpc) is 3.08. The van der Waals surface area contributed by atoms with Gasteiger partial charge in [-0.05, 0) is 83.9 Å². The molecule has 0 amide bonds. The van der Waals surface area contributed by atoms with Crippen LogP contribution >= 0.6 is 0 Å². The zero-order chi connectivity index (χ0) is 30.4. The lowest BCUT2D eigenvalue weighted by atomic mass is 9.67. The molecule has 8 N–H and O–H groups in total. The molecule has 0 radical (unpaired) electrons. The Morgan fingerprint density at radius 2 is 1.31 bits per heavy atom. The first kappa shape index (κ1) is 28.6. The third kappa shape index (κ3) is 4.56. The molecule has 0 saturated heterocycles. The fraction of sp³-hybridized carbons (Fsp3) is 0.471. The number of nitrogens with two attached hydrogens (primary N) is 4. The molecule has 4 aliphatic rings. The third-order valence-electron chi connectivity index (χ3n) is 9.26. The lowest BCUT2D eigenvalue weighted by Crippen LogP contribution is -2.39. The van der Waals surface area contributed by atoms with Crippen LogP contribution in [0.3, 0.4) is 0 Å². The standard InChI is InChI=1S/C34H42N4O4/c1-17-18(2)40-27-14-23-22(13-26(27)39-17)33(5,6)16-34(23,7)15-32(3,4)19-8-11-24-25(12-19)42-29-21(31(37)38)10-9-20(30(35)36)28(29)41-24/h8,11-14,17-18,30-31H,15-16,35-38H2,1-7H3. The van der Waals surface area contributed by atoms with Crippen LogP contribution in [0.2, 0.25) is 0 Å². The Morgan fingerprint density at radius 3 is 1.86 bits per heavy atom. The smallest absolute Gasteiger partial charge is 0.185 e. The summed E-state index contributed by atoms with van der Waals surface area (Å²) in [5, 5.41) is 0. The summed E-state index contributed by atoms with van der Waals surface area (Å²) >= 11 is 0. The maximum atomic E-state index is 6.38. The zero-order valence-corrected chi connectivity index (χ0v) is 25.6. The molecule has 0 saturated carbocycles. The van der Waals surface area contributed by atoms with Gasteiger partial charge in [0.15, 0.2) is 34.5 Å². The molecule has 8 heteroatoms. The van der Waals surface area contributed by atoms with Gasteiger partial charge in [0.1, 0.15) is 12.2 Å². The summed E-state index contributed by atoms with van der Waals surface area (Å²) in [6.45, 7) is 15.7. The van der Waals surface area contributed by atoms with E-state index in [2.05, 4.69) is 78.1 Å². The van der Waals surface area contributed by atoms with E-state index in [-0.39, 0.29) is 28.5 Å². The molecule has 3 atom stereocenters. The molecule has 0 fully saturated rings. The van der Waals surface area contributed by atoms with Crippen LogP contribution in [-0.2, 0) is 16.2 Å². The van der Waals surface area contributed by atoms with Crippen molar-refractivity contribution in [2.75, 3.05) is 0 Å². The molecule has 2 aromatic carbocycles. The van der Waals surface area contributed by atoms with E-state index in [0.29, 0.717) is 34.2 Å². The van der Waals surface area contributed by atoms with Gasteiger partial charge in [0, 0.05) is 0 Å². The summed E-state index contributed by atoms with van der Waals surface area (Å²) in [5.41, 5.74) is 34.2. The van der Waals surface area contributed by atoms with E-state index >= 15 is 0 Å². The van der Waals surface area contributed by atoms with Gasteiger partial charge in [-0.1, -0.05) is 52.1 Å². The predicted octanol–water partition coefficient (Wildman–Crippen LogP) is 4.63. The summed E-state index contributed by atoms with van der Waals surface area (Å²) < 4.78 is 25.2. The minimum Gasteiger partial charge on any atom is -0.483 e. The molecular weight excluding hydrogens is 528 g/mol. The molecule has 2 aliphatic carbocycles. The molecule has 2 aromatic rings. The van der Waals surface area contributed by atoms with E-state index in [1.807, 2.05) is 12.1 Å².